The summed E-state index contributed by atoms with van der Waals surface area (Å²) in [7, 11) is 0. The van der Waals surface area contributed by atoms with E-state index in [1.54, 1.807) is 0 Å². The molecular weight excluding hydrogens is 378 g/mol. The smallest absolute Gasteiger partial charge is 0.239 e. The van der Waals surface area contributed by atoms with Crippen molar-refractivity contribution < 1.29 is 4.79 Å². The van der Waals surface area contributed by atoms with Crippen molar-refractivity contribution in [2.24, 2.45) is 0 Å². The number of hydrogen-bond donors (Lipinski definition) is 1. The Morgan fingerprint density at radius 3 is 2.70 bits per heavy atom. The highest BCUT2D eigenvalue weighted by atomic mass is 32.2. The van der Waals surface area contributed by atoms with E-state index in [-0.39, 0.29) is 11.2 Å². The van der Waals surface area contributed by atoms with Crippen LogP contribution in [-0.4, -0.2) is 30.9 Å². The zero-order chi connectivity index (χ0) is 19.6. The molecule has 0 bridgehead atoms. The first kappa shape index (κ1) is 19.6. The van der Waals surface area contributed by atoms with E-state index >= 15 is 0 Å². The molecular formula is C19H23N5OS2. The summed E-state index contributed by atoms with van der Waals surface area (Å²) < 4.78 is 2.04. The molecule has 0 saturated carbocycles. The van der Waals surface area contributed by atoms with Crippen LogP contribution >= 0.6 is 23.1 Å². The van der Waals surface area contributed by atoms with Crippen molar-refractivity contribution in [1.82, 2.24) is 19.7 Å². The Kier molecular flexibility index (Phi) is 5.96. The summed E-state index contributed by atoms with van der Waals surface area (Å²) >= 11 is 2.90. The lowest BCUT2D eigenvalue weighted by Crippen LogP contribution is -2.22. The molecule has 1 aromatic carbocycles. The minimum Gasteiger partial charge on any atom is -0.302 e. The maximum Gasteiger partial charge on any atom is 0.239 e. The van der Waals surface area contributed by atoms with Crippen molar-refractivity contribution in [1.29, 1.82) is 0 Å². The summed E-state index contributed by atoms with van der Waals surface area (Å²) in [4.78, 5) is 18.0. The number of anilines is 1. The first-order valence-electron chi connectivity index (χ1n) is 8.80. The van der Waals surface area contributed by atoms with Gasteiger partial charge in [0.05, 0.1) is 10.9 Å². The number of nitrogens with zero attached hydrogens (tertiary/aromatic N) is 4. The molecule has 0 radical (unpaired) electrons. The predicted octanol–water partition coefficient (Wildman–Crippen LogP) is 4.47. The third kappa shape index (κ3) is 4.39. The third-order valence-corrected chi connectivity index (χ3v) is 6.29. The number of nitrogens with one attached hydrogen (secondary N) is 1. The molecule has 0 unspecified atom stereocenters. The van der Waals surface area contributed by atoms with Gasteiger partial charge in [0, 0.05) is 17.0 Å². The van der Waals surface area contributed by atoms with E-state index in [0.29, 0.717) is 5.13 Å². The van der Waals surface area contributed by atoms with Gasteiger partial charge in [0.1, 0.15) is 0 Å². The van der Waals surface area contributed by atoms with E-state index in [1.165, 1.54) is 28.7 Å². The summed E-state index contributed by atoms with van der Waals surface area (Å²) in [5.41, 5.74) is 3.15. The van der Waals surface area contributed by atoms with E-state index in [9.17, 15) is 4.79 Å². The molecule has 2 heterocycles. The topological polar surface area (TPSA) is 72.7 Å². The molecule has 8 heteroatoms. The third-order valence-electron chi connectivity index (χ3n) is 4.22. The van der Waals surface area contributed by atoms with Crippen LogP contribution in [0.1, 0.15) is 30.0 Å². The molecule has 27 heavy (non-hydrogen) atoms. The Morgan fingerprint density at radius 2 is 2.07 bits per heavy atom. The molecule has 2 aromatic heterocycles. The molecule has 0 saturated heterocycles. The fourth-order valence-electron chi connectivity index (χ4n) is 2.60. The van der Waals surface area contributed by atoms with Crippen LogP contribution in [0, 0.1) is 20.8 Å². The average Bonchev–Trinajstić information content (AvgIpc) is 3.17. The highest BCUT2D eigenvalue weighted by Crippen LogP contribution is 2.28. The maximum atomic E-state index is 12.5. The number of rotatable bonds is 6. The first-order valence-corrected chi connectivity index (χ1v) is 10.5. The van der Waals surface area contributed by atoms with Crippen molar-refractivity contribution in [2.75, 3.05) is 5.32 Å². The first-order chi connectivity index (χ1) is 12.9. The summed E-state index contributed by atoms with van der Waals surface area (Å²) in [6.07, 6.45) is 0. The Balaban J connectivity index is 1.75. The van der Waals surface area contributed by atoms with Crippen LogP contribution in [0.4, 0.5) is 5.13 Å². The molecule has 3 rings (SSSR count). The fourth-order valence-corrected chi connectivity index (χ4v) is 4.33. The summed E-state index contributed by atoms with van der Waals surface area (Å²) in [6.45, 7) is 10.7. The summed E-state index contributed by atoms with van der Waals surface area (Å²) in [6, 6.07) is 8.19. The van der Waals surface area contributed by atoms with Gasteiger partial charge in [-0.25, -0.2) is 4.98 Å². The Morgan fingerprint density at radius 1 is 1.30 bits per heavy atom. The monoisotopic (exact) mass is 401 g/mol. The van der Waals surface area contributed by atoms with Crippen LogP contribution in [0.5, 0.6) is 0 Å². The van der Waals surface area contributed by atoms with E-state index in [4.69, 9.17) is 0 Å². The van der Waals surface area contributed by atoms with E-state index < -0.39 is 0 Å². The van der Waals surface area contributed by atoms with Crippen molar-refractivity contribution >= 4 is 34.1 Å². The number of thiazole rings is 1. The Bertz CT molecular complexity index is 943. The van der Waals surface area contributed by atoms with Crippen LogP contribution < -0.4 is 5.32 Å². The summed E-state index contributed by atoms with van der Waals surface area (Å²) in [5, 5.41) is 12.6. The van der Waals surface area contributed by atoms with E-state index in [0.717, 1.165) is 33.7 Å². The van der Waals surface area contributed by atoms with Gasteiger partial charge in [0.25, 0.3) is 0 Å². The van der Waals surface area contributed by atoms with Crippen LogP contribution in [0.3, 0.4) is 0 Å². The van der Waals surface area contributed by atoms with Crippen LogP contribution in [-0.2, 0) is 11.3 Å². The van der Waals surface area contributed by atoms with Gasteiger partial charge >= 0.3 is 0 Å². The average molecular weight is 402 g/mol. The lowest BCUT2D eigenvalue weighted by molar-refractivity contribution is -0.115. The van der Waals surface area contributed by atoms with Crippen LogP contribution in [0.15, 0.2) is 29.4 Å². The van der Waals surface area contributed by atoms with Gasteiger partial charge in [0.2, 0.25) is 5.91 Å². The predicted molar refractivity (Wildman–Crippen MR) is 111 cm³/mol. The largest absolute Gasteiger partial charge is 0.302 e. The molecule has 1 amide bonds. The Hall–Kier alpha value is -2.19. The number of carbonyl (C=O) groups is 1. The molecule has 0 aliphatic heterocycles. The molecule has 6 nitrogen and oxygen atoms in total. The van der Waals surface area contributed by atoms with Crippen molar-refractivity contribution in [3.63, 3.8) is 0 Å². The fraction of sp³-hybridized carbons (Fsp3) is 0.368. The molecule has 0 aliphatic carbocycles. The molecule has 3 aromatic rings. The minimum absolute atomic E-state index is 0.0866. The minimum atomic E-state index is -0.311. The molecule has 142 valence electrons. The van der Waals surface area contributed by atoms with E-state index in [1.807, 2.05) is 37.5 Å². The second-order valence-corrected chi connectivity index (χ2v) is 8.84. The van der Waals surface area contributed by atoms with Gasteiger partial charge in [-0.05, 0) is 40.7 Å². The normalized spacial score (nSPS) is 12.2. The second-order valence-electron chi connectivity index (χ2n) is 6.33. The number of hydrogen-bond acceptors (Lipinski definition) is 6. The molecule has 1 N–H and O–H groups in total. The second kappa shape index (κ2) is 8.22. The zero-order valence-corrected chi connectivity index (χ0v) is 17.7. The number of amides is 1. The number of benzene rings is 1. The highest BCUT2D eigenvalue weighted by Gasteiger charge is 2.21. The molecule has 1 atom stereocenters. The zero-order valence-electron chi connectivity index (χ0n) is 16.1. The van der Waals surface area contributed by atoms with Crippen LogP contribution in [0.25, 0.3) is 11.4 Å². The number of aromatic nitrogens is 4. The highest BCUT2D eigenvalue weighted by molar-refractivity contribution is 8.00. The SMILES string of the molecule is CCn1c(S[C@H](C)C(=O)Nc2nc(C)c(C)s2)nnc1-c1cccc(C)c1. The van der Waals surface area contributed by atoms with Crippen molar-refractivity contribution in [3.8, 4) is 11.4 Å². The molecule has 0 fully saturated rings. The van der Waals surface area contributed by atoms with Gasteiger partial charge in [-0.3, -0.25) is 4.79 Å². The van der Waals surface area contributed by atoms with E-state index in [2.05, 4.69) is 46.5 Å². The lowest BCUT2D eigenvalue weighted by atomic mass is 10.1. The maximum absolute atomic E-state index is 12.5. The van der Waals surface area contributed by atoms with Crippen molar-refractivity contribution in [3.05, 3.63) is 40.4 Å². The molecule has 0 spiro atoms. The quantitative estimate of drug-likeness (QED) is 0.617. The lowest BCUT2D eigenvalue weighted by Gasteiger charge is -2.12. The number of carbonyl (C=O) groups excluding carboxylic acids is 1. The standard InChI is InChI=1S/C19H23N5OS2/c1-6-24-16(15-9-7-8-11(2)10-15)22-23-19(24)27-14(5)17(25)21-18-20-12(3)13(4)26-18/h7-10,14H,6H2,1-5H3,(H,20,21,25)/t14-/m1/s1. The van der Waals surface area contributed by atoms with Gasteiger partial charge in [-0.2, -0.15) is 0 Å². The van der Waals surface area contributed by atoms with Gasteiger partial charge < -0.3 is 9.88 Å². The summed E-state index contributed by atoms with van der Waals surface area (Å²) in [5.74, 6) is 0.735. The van der Waals surface area contributed by atoms with Gasteiger partial charge in [-0.15, -0.1) is 21.5 Å². The number of thioether (sulfide) groups is 1. The Labute approximate surface area is 167 Å². The van der Waals surface area contributed by atoms with Gasteiger partial charge in [0.15, 0.2) is 16.1 Å². The number of aryl methyl sites for hydroxylation is 3. The molecule has 0 aliphatic rings. The van der Waals surface area contributed by atoms with Crippen LogP contribution in [0.2, 0.25) is 0 Å². The van der Waals surface area contributed by atoms with Gasteiger partial charge in [-0.1, -0.05) is 35.5 Å². The van der Waals surface area contributed by atoms with Crippen molar-refractivity contribution in [2.45, 2.75) is 51.6 Å².